The second-order valence-electron chi connectivity index (χ2n) is 11.6. The molecule has 2 amide bonds. The minimum atomic E-state index is -0.0137. The minimum absolute atomic E-state index is 0.0137. The van der Waals surface area contributed by atoms with Crippen molar-refractivity contribution >= 4 is 65.2 Å². The highest BCUT2D eigenvalue weighted by molar-refractivity contribution is 7.24. The summed E-state index contributed by atoms with van der Waals surface area (Å²) in [7, 11) is 4.07. The van der Waals surface area contributed by atoms with Gasteiger partial charge in [0.2, 0.25) is 22.1 Å². The number of carbonyl (C=O) groups is 2. The lowest BCUT2D eigenvalue weighted by molar-refractivity contribution is -0.120. The fourth-order valence-electron chi connectivity index (χ4n) is 6.43. The molecular formula is C30H44N6O2S2. The summed E-state index contributed by atoms with van der Waals surface area (Å²) in [5, 5.41) is 9.20. The molecule has 218 valence electrons. The second kappa shape index (κ2) is 13.2. The molecule has 0 unspecified atom stereocenters. The summed E-state index contributed by atoms with van der Waals surface area (Å²) in [5.41, 5.74) is 1.67. The Labute approximate surface area is 246 Å². The number of benzene rings is 1. The van der Waals surface area contributed by atoms with Crippen LogP contribution in [-0.4, -0.2) is 58.0 Å². The standard InChI is InChI=1S/C30H44N6O2S2/c1-21(37)35(33(3)23-15-11-7-5-8-12-16-23)29-31-25-19-26-28(20-27(25)39-29)40-30(32-26)36(22(2)38)34(4)24-17-13-9-6-10-14-18-24/h19-20,23-24H,5-18H2,1-4H3. The number of rotatable bonds is 6. The van der Waals surface area contributed by atoms with Crippen LogP contribution in [0, 0.1) is 0 Å². The van der Waals surface area contributed by atoms with E-state index in [-0.39, 0.29) is 11.8 Å². The van der Waals surface area contributed by atoms with Crippen LogP contribution in [0.2, 0.25) is 0 Å². The van der Waals surface area contributed by atoms with Gasteiger partial charge in [-0.05, 0) is 37.8 Å². The molecule has 8 nitrogen and oxygen atoms in total. The molecule has 0 saturated heterocycles. The molecule has 2 heterocycles. The second-order valence-corrected chi connectivity index (χ2v) is 13.6. The molecule has 0 atom stereocenters. The van der Waals surface area contributed by atoms with Gasteiger partial charge in [-0.1, -0.05) is 86.9 Å². The van der Waals surface area contributed by atoms with Crippen LogP contribution in [0.3, 0.4) is 0 Å². The van der Waals surface area contributed by atoms with E-state index in [0.29, 0.717) is 22.3 Å². The highest BCUT2D eigenvalue weighted by Crippen LogP contribution is 2.38. The molecule has 0 radical (unpaired) electrons. The van der Waals surface area contributed by atoms with Crippen LogP contribution in [0.4, 0.5) is 10.3 Å². The number of amides is 2. The summed E-state index contributed by atoms with van der Waals surface area (Å²) in [6.45, 7) is 3.25. The maximum Gasteiger partial charge on any atom is 0.240 e. The van der Waals surface area contributed by atoms with Crippen LogP contribution in [-0.2, 0) is 9.59 Å². The number of thiazole rings is 2. The van der Waals surface area contributed by atoms with E-state index in [9.17, 15) is 9.59 Å². The van der Waals surface area contributed by atoms with E-state index in [0.717, 1.165) is 46.1 Å². The van der Waals surface area contributed by atoms with E-state index < -0.39 is 0 Å². The Balaban J connectivity index is 1.41. The van der Waals surface area contributed by atoms with Gasteiger partial charge in [-0.15, -0.1) is 0 Å². The molecule has 0 bridgehead atoms. The Morgan fingerprint density at radius 3 is 1.32 bits per heavy atom. The molecule has 0 aliphatic heterocycles. The average Bonchev–Trinajstić information content (AvgIpc) is 3.44. The fraction of sp³-hybridized carbons (Fsp3) is 0.667. The summed E-state index contributed by atoms with van der Waals surface area (Å²) in [4.78, 5) is 35.5. The minimum Gasteiger partial charge on any atom is -0.273 e. The van der Waals surface area contributed by atoms with Gasteiger partial charge in [0.15, 0.2) is 0 Å². The molecule has 3 aromatic rings. The van der Waals surface area contributed by atoms with E-state index >= 15 is 0 Å². The first-order valence-corrected chi connectivity index (χ1v) is 16.7. The smallest absolute Gasteiger partial charge is 0.240 e. The first-order valence-electron chi connectivity index (χ1n) is 15.1. The van der Waals surface area contributed by atoms with E-state index in [1.807, 2.05) is 20.2 Å². The monoisotopic (exact) mass is 584 g/mol. The summed E-state index contributed by atoms with van der Waals surface area (Å²) < 4.78 is 2.05. The topological polar surface area (TPSA) is 72.9 Å². The van der Waals surface area contributed by atoms with Crippen molar-refractivity contribution in [1.29, 1.82) is 0 Å². The zero-order chi connectivity index (χ0) is 28.2. The van der Waals surface area contributed by atoms with Crippen LogP contribution >= 0.6 is 22.7 Å². The largest absolute Gasteiger partial charge is 0.273 e. The number of nitrogens with zero attached hydrogens (tertiary/aromatic N) is 6. The normalized spacial score (nSPS) is 18.6. The van der Waals surface area contributed by atoms with Crippen LogP contribution < -0.4 is 10.0 Å². The summed E-state index contributed by atoms with van der Waals surface area (Å²) >= 11 is 3.10. The van der Waals surface area contributed by atoms with Crippen LogP contribution in [0.15, 0.2) is 12.1 Å². The third-order valence-electron chi connectivity index (χ3n) is 8.67. The van der Waals surface area contributed by atoms with Gasteiger partial charge in [0.05, 0.1) is 20.4 Å². The molecule has 2 fully saturated rings. The predicted molar refractivity (Wildman–Crippen MR) is 167 cm³/mol. The Morgan fingerprint density at radius 1 is 0.625 bits per heavy atom. The fourth-order valence-corrected chi connectivity index (χ4v) is 8.65. The molecule has 10 heteroatoms. The van der Waals surface area contributed by atoms with Gasteiger partial charge in [0.1, 0.15) is 0 Å². The number of anilines is 2. The molecule has 2 aliphatic carbocycles. The van der Waals surface area contributed by atoms with Gasteiger partial charge in [-0.25, -0.2) is 30.0 Å². The number of hydrogen-bond donors (Lipinski definition) is 0. The van der Waals surface area contributed by atoms with Crippen molar-refractivity contribution in [1.82, 2.24) is 20.0 Å². The van der Waals surface area contributed by atoms with E-state index in [1.165, 1.54) is 64.2 Å². The lowest BCUT2D eigenvalue weighted by Gasteiger charge is -2.36. The summed E-state index contributed by atoms with van der Waals surface area (Å²) in [6.07, 6.45) is 17.0. The highest BCUT2D eigenvalue weighted by atomic mass is 32.1. The molecule has 2 saturated carbocycles. The molecule has 5 rings (SSSR count). The third-order valence-corrected chi connectivity index (χ3v) is 10.7. The number of aromatic nitrogens is 2. The van der Waals surface area contributed by atoms with Gasteiger partial charge in [-0.3, -0.25) is 9.59 Å². The lowest BCUT2D eigenvalue weighted by atomic mass is 9.96. The van der Waals surface area contributed by atoms with Crippen LogP contribution in [0.5, 0.6) is 0 Å². The van der Waals surface area contributed by atoms with Gasteiger partial charge >= 0.3 is 0 Å². The van der Waals surface area contributed by atoms with E-state index in [4.69, 9.17) is 9.97 Å². The first kappa shape index (κ1) is 29.4. The van der Waals surface area contributed by atoms with E-state index in [1.54, 1.807) is 46.5 Å². The molecule has 1 aromatic carbocycles. The Morgan fingerprint density at radius 2 is 0.975 bits per heavy atom. The summed E-state index contributed by atoms with van der Waals surface area (Å²) in [6, 6.07) is 4.81. The Kier molecular flexibility index (Phi) is 9.71. The van der Waals surface area contributed by atoms with Crippen molar-refractivity contribution in [2.75, 3.05) is 24.1 Å². The quantitative estimate of drug-likeness (QED) is 0.279. The maximum absolute atomic E-state index is 12.9. The number of hydrogen-bond acceptors (Lipinski definition) is 8. The number of fused-ring (bicyclic) bond motifs is 2. The van der Waals surface area contributed by atoms with E-state index in [2.05, 4.69) is 16.1 Å². The molecule has 2 aromatic heterocycles. The SMILES string of the molecule is CC(=O)N(c1nc2cc3nc(N(C(C)=O)N(C)C4CCCCCCC4)sc3cc2s1)N(C)C1CCCCCCC1. The van der Waals surface area contributed by atoms with Crippen molar-refractivity contribution in [2.24, 2.45) is 0 Å². The van der Waals surface area contributed by atoms with Crippen molar-refractivity contribution < 1.29 is 9.59 Å². The van der Waals surface area contributed by atoms with Gasteiger partial charge < -0.3 is 0 Å². The number of carbonyl (C=O) groups excluding carboxylic acids is 2. The van der Waals surface area contributed by atoms with Crippen LogP contribution in [0.1, 0.15) is 104 Å². The Bertz CT molecular complexity index is 1160. The molecular weight excluding hydrogens is 541 g/mol. The Hall–Kier alpha value is -2.14. The summed E-state index contributed by atoms with van der Waals surface area (Å²) in [5.74, 6) is -0.0274. The first-order chi connectivity index (χ1) is 19.3. The number of hydrazine groups is 2. The van der Waals surface area contributed by atoms with Gasteiger partial charge in [-0.2, -0.15) is 0 Å². The average molecular weight is 585 g/mol. The van der Waals surface area contributed by atoms with Gasteiger partial charge in [0, 0.05) is 40.0 Å². The maximum atomic E-state index is 12.9. The van der Waals surface area contributed by atoms with Gasteiger partial charge in [0.25, 0.3) is 0 Å². The van der Waals surface area contributed by atoms with Crippen molar-refractivity contribution in [3.05, 3.63) is 12.1 Å². The zero-order valence-corrected chi connectivity index (χ0v) is 26.2. The van der Waals surface area contributed by atoms with Crippen molar-refractivity contribution in [3.8, 4) is 0 Å². The lowest BCUT2D eigenvalue weighted by Crippen LogP contribution is -2.49. The molecule has 0 spiro atoms. The van der Waals surface area contributed by atoms with Crippen molar-refractivity contribution in [3.63, 3.8) is 0 Å². The van der Waals surface area contributed by atoms with Crippen molar-refractivity contribution in [2.45, 2.75) is 116 Å². The predicted octanol–water partition coefficient (Wildman–Crippen LogP) is 7.53. The van der Waals surface area contributed by atoms with Crippen LogP contribution in [0.25, 0.3) is 20.4 Å². The molecule has 0 N–H and O–H groups in total. The molecule has 40 heavy (non-hydrogen) atoms. The molecule has 2 aliphatic rings. The highest BCUT2D eigenvalue weighted by Gasteiger charge is 2.29. The zero-order valence-electron chi connectivity index (χ0n) is 24.5. The third kappa shape index (κ3) is 6.50.